The van der Waals surface area contributed by atoms with Crippen molar-refractivity contribution in [3.05, 3.63) is 57.8 Å². The van der Waals surface area contributed by atoms with E-state index >= 15 is 0 Å². The Kier molecular flexibility index (Phi) is 4.37. The second-order valence-electron chi connectivity index (χ2n) is 4.56. The molecule has 0 saturated heterocycles. The van der Waals surface area contributed by atoms with E-state index in [2.05, 4.69) is 21.2 Å². The summed E-state index contributed by atoms with van der Waals surface area (Å²) in [6.45, 7) is 0.778. The van der Waals surface area contributed by atoms with Crippen molar-refractivity contribution in [1.82, 2.24) is 0 Å². The molecule has 2 rings (SSSR count). The molecule has 0 aromatic heterocycles. The molecule has 0 spiro atoms. The van der Waals surface area contributed by atoms with Gasteiger partial charge in [0, 0.05) is 28.2 Å². The zero-order valence-corrected chi connectivity index (χ0v) is 12.5. The lowest BCUT2D eigenvalue weighted by Gasteiger charge is -2.15. The van der Waals surface area contributed by atoms with E-state index in [1.807, 2.05) is 0 Å². The smallest absolute Gasteiger partial charge is 0.270 e. The summed E-state index contributed by atoms with van der Waals surface area (Å²) in [4.78, 5) is 11.0. The highest BCUT2D eigenvalue weighted by Gasteiger charge is 2.25. The van der Waals surface area contributed by atoms with E-state index in [-0.39, 0.29) is 16.8 Å². The van der Waals surface area contributed by atoms with Crippen molar-refractivity contribution >= 4 is 33.6 Å². The van der Waals surface area contributed by atoms with Gasteiger partial charge in [-0.25, -0.2) is 13.2 Å². The Morgan fingerprint density at radius 3 is 2.43 bits per heavy atom. The number of rotatable bonds is 4. The van der Waals surface area contributed by atoms with Crippen LogP contribution in [0.1, 0.15) is 22.8 Å². The average molecular weight is 358 g/mol. The predicted octanol–water partition coefficient (Wildman–Crippen LogP) is 5.26. The average Bonchev–Trinajstić information content (AvgIpc) is 2.41. The molecule has 0 amide bonds. The van der Waals surface area contributed by atoms with Gasteiger partial charge in [0.05, 0.1) is 5.69 Å². The van der Waals surface area contributed by atoms with Gasteiger partial charge in [-0.05, 0) is 46.3 Å². The molecule has 0 fully saturated rings. The van der Waals surface area contributed by atoms with Crippen LogP contribution >= 0.6 is 15.9 Å². The monoisotopic (exact) mass is 357 g/mol. The fraction of sp³-hybridized carbons (Fsp3) is 0.133. The lowest BCUT2D eigenvalue weighted by molar-refractivity contribution is 0.0175. The summed E-state index contributed by atoms with van der Waals surface area (Å²) in [5, 5.41) is 2.85. The molecule has 0 aliphatic carbocycles. The van der Waals surface area contributed by atoms with Gasteiger partial charge in [0.2, 0.25) is 0 Å². The number of aldehydes is 1. The Morgan fingerprint density at radius 1 is 1.14 bits per heavy atom. The van der Waals surface area contributed by atoms with Crippen molar-refractivity contribution in [1.29, 1.82) is 0 Å². The van der Waals surface area contributed by atoms with Gasteiger partial charge < -0.3 is 5.32 Å². The standard InChI is InChI=1S/C15H11BrF3NO/c1-15(18,19)10-3-2-9(8-21)14(6-10)20-13-5-4-11(17)7-12(13)16/h2-8,20H,1H3. The van der Waals surface area contributed by atoms with Gasteiger partial charge in [-0.2, -0.15) is 0 Å². The van der Waals surface area contributed by atoms with Gasteiger partial charge in [-0.1, -0.05) is 6.07 Å². The number of nitrogens with one attached hydrogen (secondary N) is 1. The molecule has 110 valence electrons. The summed E-state index contributed by atoms with van der Waals surface area (Å²) in [5.74, 6) is -3.45. The molecular weight excluding hydrogens is 347 g/mol. The molecule has 2 aromatic carbocycles. The highest BCUT2D eigenvalue weighted by molar-refractivity contribution is 9.10. The van der Waals surface area contributed by atoms with Crippen LogP contribution in [-0.4, -0.2) is 6.29 Å². The first-order chi connectivity index (χ1) is 9.81. The van der Waals surface area contributed by atoms with Crippen LogP contribution in [0.25, 0.3) is 0 Å². The first kappa shape index (κ1) is 15.6. The minimum Gasteiger partial charge on any atom is -0.354 e. The van der Waals surface area contributed by atoms with Crippen molar-refractivity contribution in [3.8, 4) is 0 Å². The summed E-state index contributed by atoms with van der Waals surface area (Å²) in [7, 11) is 0. The first-order valence-electron chi connectivity index (χ1n) is 6.01. The third-order valence-electron chi connectivity index (χ3n) is 2.89. The fourth-order valence-corrected chi connectivity index (χ4v) is 2.23. The number of anilines is 2. The van der Waals surface area contributed by atoms with Crippen molar-refractivity contribution < 1.29 is 18.0 Å². The quantitative estimate of drug-likeness (QED) is 0.756. The van der Waals surface area contributed by atoms with Crippen LogP contribution in [-0.2, 0) is 5.92 Å². The van der Waals surface area contributed by atoms with E-state index in [9.17, 15) is 18.0 Å². The zero-order chi connectivity index (χ0) is 15.6. The number of benzene rings is 2. The molecule has 0 heterocycles. The van der Waals surface area contributed by atoms with Crippen molar-refractivity contribution in [2.75, 3.05) is 5.32 Å². The number of alkyl halides is 2. The predicted molar refractivity (Wildman–Crippen MR) is 78.8 cm³/mol. The number of carbonyl (C=O) groups is 1. The van der Waals surface area contributed by atoms with Crippen LogP contribution in [0.5, 0.6) is 0 Å². The summed E-state index contributed by atoms with van der Waals surface area (Å²) < 4.78 is 40.2. The Morgan fingerprint density at radius 2 is 1.86 bits per heavy atom. The van der Waals surface area contributed by atoms with E-state index in [1.165, 1.54) is 36.4 Å². The van der Waals surface area contributed by atoms with Crippen LogP contribution in [0.2, 0.25) is 0 Å². The number of carbonyl (C=O) groups excluding carboxylic acids is 1. The van der Waals surface area contributed by atoms with Gasteiger partial charge in [-0.15, -0.1) is 0 Å². The lowest BCUT2D eigenvalue weighted by atomic mass is 10.1. The Hall–Kier alpha value is -1.82. The van der Waals surface area contributed by atoms with Crippen LogP contribution in [0.15, 0.2) is 40.9 Å². The van der Waals surface area contributed by atoms with Gasteiger partial charge in [0.1, 0.15) is 5.82 Å². The summed E-state index contributed by atoms with van der Waals surface area (Å²) in [5.41, 5.74) is 0.723. The molecular formula is C15H11BrF3NO. The molecule has 6 heteroatoms. The fourth-order valence-electron chi connectivity index (χ4n) is 1.78. The van der Waals surface area contributed by atoms with Gasteiger partial charge >= 0.3 is 0 Å². The van der Waals surface area contributed by atoms with E-state index < -0.39 is 11.7 Å². The van der Waals surface area contributed by atoms with E-state index in [0.29, 0.717) is 16.4 Å². The van der Waals surface area contributed by atoms with E-state index in [1.54, 1.807) is 0 Å². The van der Waals surface area contributed by atoms with E-state index in [0.717, 1.165) is 6.92 Å². The lowest BCUT2D eigenvalue weighted by Crippen LogP contribution is -2.08. The minimum atomic E-state index is -3.02. The maximum atomic E-state index is 13.4. The van der Waals surface area contributed by atoms with E-state index in [4.69, 9.17) is 0 Å². The molecule has 0 aliphatic rings. The summed E-state index contributed by atoms with van der Waals surface area (Å²) >= 11 is 3.17. The molecule has 0 bridgehead atoms. The molecule has 0 radical (unpaired) electrons. The molecule has 0 unspecified atom stereocenters. The molecule has 0 aliphatic heterocycles. The zero-order valence-electron chi connectivity index (χ0n) is 11.0. The van der Waals surface area contributed by atoms with Crippen LogP contribution in [0, 0.1) is 5.82 Å². The number of hydrogen-bond donors (Lipinski definition) is 1. The third-order valence-corrected chi connectivity index (χ3v) is 3.54. The van der Waals surface area contributed by atoms with Gasteiger partial charge in [0.15, 0.2) is 6.29 Å². The maximum Gasteiger partial charge on any atom is 0.270 e. The minimum absolute atomic E-state index is 0.214. The Labute approximate surface area is 128 Å². The number of hydrogen-bond acceptors (Lipinski definition) is 2. The largest absolute Gasteiger partial charge is 0.354 e. The SMILES string of the molecule is CC(F)(F)c1ccc(C=O)c(Nc2ccc(F)cc2Br)c1. The molecule has 21 heavy (non-hydrogen) atoms. The highest BCUT2D eigenvalue weighted by atomic mass is 79.9. The Balaban J connectivity index is 2.44. The summed E-state index contributed by atoms with van der Waals surface area (Å²) in [6, 6.07) is 7.64. The van der Waals surface area contributed by atoms with Crippen molar-refractivity contribution in [3.63, 3.8) is 0 Å². The highest BCUT2D eigenvalue weighted by Crippen LogP contribution is 2.33. The van der Waals surface area contributed by atoms with Gasteiger partial charge in [0.25, 0.3) is 5.92 Å². The molecule has 0 saturated carbocycles. The van der Waals surface area contributed by atoms with Crippen LogP contribution in [0.4, 0.5) is 24.5 Å². The van der Waals surface area contributed by atoms with Crippen LogP contribution < -0.4 is 5.32 Å². The topological polar surface area (TPSA) is 29.1 Å². The second-order valence-corrected chi connectivity index (χ2v) is 5.41. The molecule has 0 atom stereocenters. The normalized spacial score (nSPS) is 11.3. The summed E-state index contributed by atoms with van der Waals surface area (Å²) in [6.07, 6.45) is 0.567. The van der Waals surface area contributed by atoms with Crippen molar-refractivity contribution in [2.24, 2.45) is 0 Å². The molecule has 2 nitrogen and oxygen atoms in total. The number of halogens is 4. The van der Waals surface area contributed by atoms with Gasteiger partial charge in [-0.3, -0.25) is 4.79 Å². The molecule has 1 N–H and O–H groups in total. The van der Waals surface area contributed by atoms with Crippen LogP contribution in [0.3, 0.4) is 0 Å². The Bertz CT molecular complexity index is 683. The third kappa shape index (κ3) is 3.64. The van der Waals surface area contributed by atoms with Crippen molar-refractivity contribution in [2.45, 2.75) is 12.8 Å². The maximum absolute atomic E-state index is 13.4. The second kappa shape index (κ2) is 5.89. The molecule has 2 aromatic rings. The first-order valence-corrected chi connectivity index (χ1v) is 6.80.